The number of allylic oxidation sites excluding steroid dienone is 1. The number of primary amides is 1. The molecule has 3 atom stereocenters. The Morgan fingerprint density at radius 1 is 1.30 bits per heavy atom. The van der Waals surface area contributed by atoms with Gasteiger partial charge < -0.3 is 26.8 Å². The molecule has 0 unspecified atom stereocenters. The van der Waals surface area contributed by atoms with Crippen molar-refractivity contribution in [1.29, 1.82) is 0 Å². The van der Waals surface area contributed by atoms with Crippen LogP contribution in [0.2, 0.25) is 0 Å². The zero-order chi connectivity index (χ0) is 19.7. The number of pyridine rings is 1. The van der Waals surface area contributed by atoms with E-state index in [0.717, 1.165) is 0 Å². The summed E-state index contributed by atoms with van der Waals surface area (Å²) in [6, 6.07) is 3.11. The Bertz CT molecular complexity index is 997. The lowest BCUT2D eigenvalue weighted by Crippen LogP contribution is -2.71. The largest absolute Gasteiger partial charge is 0.511 e. The molecule has 0 aliphatic heterocycles. The minimum absolute atomic E-state index is 0.0769. The number of Topliss-reactive ketones (excluding diaryl/α,β-unsaturated/α-hetero) is 2. The molecule has 3 aliphatic rings. The van der Waals surface area contributed by atoms with Crippen LogP contribution >= 0.6 is 0 Å². The van der Waals surface area contributed by atoms with Crippen LogP contribution in [0.25, 0.3) is 0 Å². The number of carbonyl (C=O) groups is 3. The van der Waals surface area contributed by atoms with E-state index in [2.05, 4.69) is 4.98 Å². The van der Waals surface area contributed by atoms with Crippen molar-refractivity contribution < 1.29 is 29.7 Å². The van der Waals surface area contributed by atoms with Crippen molar-refractivity contribution in [2.45, 2.75) is 30.4 Å². The number of nitrogens with zero attached hydrogens (tertiary/aromatic N) is 1. The van der Waals surface area contributed by atoms with Crippen LogP contribution < -0.4 is 11.5 Å². The Morgan fingerprint density at radius 2 is 2.00 bits per heavy atom. The molecule has 0 fully saturated rings. The SMILES string of the molecule is NC(=O)C1=C(O)C[C@]2(N)C[C@@H]3Cc4ncccc4C(=O)C3=C(O)[C@]2(O)C1=O. The lowest BCUT2D eigenvalue weighted by Gasteiger charge is -2.51. The molecule has 1 heterocycles. The molecule has 0 bridgehead atoms. The van der Waals surface area contributed by atoms with E-state index in [4.69, 9.17) is 11.5 Å². The molecule has 1 amide bonds. The predicted molar refractivity (Wildman–Crippen MR) is 90.4 cm³/mol. The number of nitrogens with two attached hydrogens (primary N) is 2. The van der Waals surface area contributed by atoms with Gasteiger partial charge in [-0.25, -0.2) is 0 Å². The van der Waals surface area contributed by atoms with E-state index in [-0.39, 0.29) is 24.0 Å². The summed E-state index contributed by atoms with van der Waals surface area (Å²) in [6.07, 6.45) is 1.28. The topological polar surface area (TPSA) is 177 Å². The highest BCUT2D eigenvalue weighted by Gasteiger charge is 2.66. The minimum Gasteiger partial charge on any atom is -0.511 e. The van der Waals surface area contributed by atoms with E-state index in [1.807, 2.05) is 0 Å². The highest BCUT2D eigenvalue weighted by molar-refractivity contribution is 6.25. The summed E-state index contributed by atoms with van der Waals surface area (Å²) < 4.78 is 0. The molecule has 3 aliphatic carbocycles. The second-order valence-electron chi connectivity index (χ2n) is 7.25. The number of hydrogen-bond donors (Lipinski definition) is 5. The van der Waals surface area contributed by atoms with Gasteiger partial charge in [-0.1, -0.05) is 0 Å². The minimum atomic E-state index is -2.73. The van der Waals surface area contributed by atoms with Gasteiger partial charge in [0.2, 0.25) is 11.4 Å². The van der Waals surface area contributed by atoms with E-state index < -0.39 is 58.0 Å². The number of rotatable bonds is 1. The number of fused-ring (bicyclic) bond motifs is 3. The fraction of sp³-hybridized carbons (Fsp3) is 0.333. The Balaban J connectivity index is 1.95. The molecule has 0 aromatic carbocycles. The first-order chi connectivity index (χ1) is 12.6. The fourth-order valence-corrected chi connectivity index (χ4v) is 4.45. The molecule has 9 heteroatoms. The van der Waals surface area contributed by atoms with Gasteiger partial charge in [0.15, 0.2) is 5.78 Å². The van der Waals surface area contributed by atoms with Crippen molar-refractivity contribution in [2.75, 3.05) is 0 Å². The zero-order valence-corrected chi connectivity index (χ0v) is 14.1. The molecular weight excluding hydrogens is 354 g/mol. The average Bonchev–Trinajstić information content (AvgIpc) is 2.58. The molecular formula is C18H17N3O6. The van der Waals surface area contributed by atoms with Gasteiger partial charge >= 0.3 is 0 Å². The average molecular weight is 371 g/mol. The van der Waals surface area contributed by atoms with Crippen LogP contribution in [0, 0.1) is 5.92 Å². The van der Waals surface area contributed by atoms with Crippen LogP contribution in [0.3, 0.4) is 0 Å². The molecule has 0 saturated carbocycles. The number of amides is 1. The van der Waals surface area contributed by atoms with Gasteiger partial charge in [-0.05, 0) is 30.9 Å². The smallest absolute Gasteiger partial charge is 0.255 e. The summed E-state index contributed by atoms with van der Waals surface area (Å²) in [5.41, 5.74) is 6.70. The standard InChI is InChI=1S/C18H17N3O6/c19-16(26)12-10(22)6-17(20)5-7-4-9-8(2-1-3-21-9)13(23)11(7)14(24)18(17,27)15(12)25/h1-3,7,22,24,27H,4-6,20H2,(H2,19,26)/t7-,17+,18-/m0/s1. The first-order valence-electron chi connectivity index (χ1n) is 8.32. The molecule has 1 aromatic heterocycles. The Morgan fingerprint density at radius 3 is 2.67 bits per heavy atom. The summed E-state index contributed by atoms with van der Waals surface area (Å²) in [5.74, 6) is -5.25. The van der Waals surface area contributed by atoms with Crippen molar-refractivity contribution in [3.8, 4) is 0 Å². The van der Waals surface area contributed by atoms with Crippen LogP contribution in [-0.4, -0.2) is 48.9 Å². The summed E-state index contributed by atoms with van der Waals surface area (Å²) >= 11 is 0. The fourth-order valence-electron chi connectivity index (χ4n) is 4.45. The van der Waals surface area contributed by atoms with E-state index in [0.29, 0.717) is 5.69 Å². The van der Waals surface area contributed by atoms with Crippen LogP contribution in [0.1, 0.15) is 28.9 Å². The maximum atomic E-state index is 12.9. The summed E-state index contributed by atoms with van der Waals surface area (Å²) in [5, 5.41) is 32.0. The Kier molecular flexibility index (Phi) is 3.37. The van der Waals surface area contributed by atoms with Crippen LogP contribution in [-0.2, 0) is 16.0 Å². The molecule has 140 valence electrons. The van der Waals surface area contributed by atoms with Crippen LogP contribution in [0.15, 0.2) is 41.0 Å². The zero-order valence-electron chi connectivity index (χ0n) is 14.1. The summed E-state index contributed by atoms with van der Waals surface area (Å²) in [6.45, 7) is 0. The monoisotopic (exact) mass is 371 g/mol. The molecule has 27 heavy (non-hydrogen) atoms. The first kappa shape index (κ1) is 17.4. The van der Waals surface area contributed by atoms with Gasteiger partial charge in [-0.2, -0.15) is 0 Å². The number of ketones is 2. The normalized spacial score (nSPS) is 32.7. The Labute approximate surface area is 153 Å². The van der Waals surface area contributed by atoms with E-state index in [1.165, 1.54) is 6.20 Å². The van der Waals surface area contributed by atoms with Crippen molar-refractivity contribution >= 4 is 17.5 Å². The van der Waals surface area contributed by atoms with Crippen molar-refractivity contribution in [3.05, 3.63) is 52.3 Å². The second-order valence-corrected chi connectivity index (χ2v) is 7.25. The van der Waals surface area contributed by atoms with E-state index >= 15 is 0 Å². The molecule has 1 aromatic rings. The number of hydrogen-bond acceptors (Lipinski definition) is 8. The molecule has 0 saturated heterocycles. The van der Waals surface area contributed by atoms with E-state index in [9.17, 15) is 29.7 Å². The maximum absolute atomic E-state index is 12.9. The number of carbonyl (C=O) groups excluding carboxylic acids is 3. The third kappa shape index (κ3) is 2.00. The van der Waals surface area contributed by atoms with Gasteiger partial charge in [-0.3, -0.25) is 19.4 Å². The van der Waals surface area contributed by atoms with Crippen LogP contribution in [0.5, 0.6) is 0 Å². The van der Waals surface area contributed by atoms with Gasteiger partial charge in [0, 0.05) is 23.8 Å². The van der Waals surface area contributed by atoms with Crippen molar-refractivity contribution in [2.24, 2.45) is 17.4 Å². The van der Waals surface area contributed by atoms with Gasteiger partial charge in [-0.15, -0.1) is 0 Å². The summed E-state index contributed by atoms with van der Waals surface area (Å²) in [7, 11) is 0. The van der Waals surface area contributed by atoms with Gasteiger partial charge in [0.1, 0.15) is 17.1 Å². The molecule has 0 spiro atoms. The highest BCUT2D eigenvalue weighted by atomic mass is 16.4. The molecule has 7 N–H and O–H groups in total. The molecule has 4 rings (SSSR count). The molecule has 9 nitrogen and oxygen atoms in total. The highest BCUT2D eigenvalue weighted by Crippen LogP contribution is 2.51. The lowest BCUT2D eigenvalue weighted by atomic mass is 9.57. The number of aliphatic hydroxyl groups is 3. The lowest BCUT2D eigenvalue weighted by molar-refractivity contribution is -0.146. The number of aliphatic hydroxyl groups excluding tert-OH is 2. The van der Waals surface area contributed by atoms with Gasteiger partial charge in [0.25, 0.3) is 5.91 Å². The Hall–Kier alpha value is -3.04. The van der Waals surface area contributed by atoms with Crippen LogP contribution in [0.4, 0.5) is 0 Å². The van der Waals surface area contributed by atoms with Crippen molar-refractivity contribution in [1.82, 2.24) is 4.98 Å². The first-order valence-corrected chi connectivity index (χ1v) is 8.32. The molecule has 0 radical (unpaired) electrons. The van der Waals surface area contributed by atoms with E-state index in [1.54, 1.807) is 12.1 Å². The third-order valence-electron chi connectivity index (χ3n) is 5.73. The quantitative estimate of drug-likeness (QED) is 0.404. The van der Waals surface area contributed by atoms with Gasteiger partial charge in [0.05, 0.1) is 11.2 Å². The number of aromatic nitrogens is 1. The summed E-state index contributed by atoms with van der Waals surface area (Å²) in [4.78, 5) is 41.5. The third-order valence-corrected chi connectivity index (χ3v) is 5.73. The predicted octanol–water partition coefficient (Wildman–Crippen LogP) is -0.649. The van der Waals surface area contributed by atoms with Crippen molar-refractivity contribution in [3.63, 3.8) is 0 Å². The second kappa shape index (κ2) is 5.24. The maximum Gasteiger partial charge on any atom is 0.255 e.